The summed E-state index contributed by atoms with van der Waals surface area (Å²) >= 11 is 0. The van der Waals surface area contributed by atoms with Crippen LogP contribution in [0.3, 0.4) is 0 Å². The van der Waals surface area contributed by atoms with Crippen LogP contribution in [-0.2, 0) is 6.54 Å². The molecule has 3 rings (SSSR count). The summed E-state index contributed by atoms with van der Waals surface area (Å²) < 4.78 is 1.97. The minimum atomic E-state index is -0.0347. The number of aryl methyl sites for hydroxylation is 1. The summed E-state index contributed by atoms with van der Waals surface area (Å²) in [6.45, 7) is 3.69. The van der Waals surface area contributed by atoms with Gasteiger partial charge in [-0.05, 0) is 38.0 Å². The standard InChI is InChI=1S/C16H20N4O/c1-2-20-15(10-11-17-20)14-9-6-12-19(14)16(21)18-13-7-4-3-5-8-13/h3-5,7-8,10-11,14H,2,6,9,12H2,1H3,(H,18,21)/t14-/m1/s1. The molecule has 0 radical (unpaired) electrons. The molecule has 1 atom stereocenters. The molecule has 1 saturated heterocycles. The summed E-state index contributed by atoms with van der Waals surface area (Å²) in [5, 5.41) is 7.29. The minimum Gasteiger partial charge on any atom is -0.316 e. The van der Waals surface area contributed by atoms with Crippen LogP contribution < -0.4 is 5.32 Å². The van der Waals surface area contributed by atoms with Crippen LogP contribution in [0.4, 0.5) is 10.5 Å². The van der Waals surface area contributed by atoms with E-state index in [0.717, 1.165) is 37.3 Å². The molecule has 0 aliphatic carbocycles. The van der Waals surface area contributed by atoms with E-state index in [2.05, 4.69) is 17.3 Å². The lowest BCUT2D eigenvalue weighted by atomic mass is 10.1. The molecule has 1 aliphatic rings. The highest BCUT2D eigenvalue weighted by molar-refractivity contribution is 5.89. The third-order valence-corrected chi connectivity index (χ3v) is 3.93. The van der Waals surface area contributed by atoms with E-state index in [1.807, 2.05) is 52.2 Å². The first kappa shape index (κ1) is 13.7. The zero-order valence-corrected chi connectivity index (χ0v) is 12.2. The van der Waals surface area contributed by atoms with E-state index < -0.39 is 0 Å². The SMILES string of the molecule is CCn1nccc1[C@H]1CCCN1C(=O)Nc1ccccc1. The van der Waals surface area contributed by atoms with Gasteiger partial charge < -0.3 is 10.2 Å². The Labute approximate surface area is 124 Å². The van der Waals surface area contributed by atoms with E-state index in [-0.39, 0.29) is 12.1 Å². The van der Waals surface area contributed by atoms with Gasteiger partial charge in [0.2, 0.25) is 0 Å². The lowest BCUT2D eigenvalue weighted by Crippen LogP contribution is -2.35. The fourth-order valence-electron chi connectivity index (χ4n) is 2.92. The second-order valence-electron chi connectivity index (χ2n) is 5.22. The number of aromatic nitrogens is 2. The van der Waals surface area contributed by atoms with Crippen molar-refractivity contribution in [2.75, 3.05) is 11.9 Å². The van der Waals surface area contributed by atoms with Crippen LogP contribution in [0.2, 0.25) is 0 Å². The number of hydrogen-bond acceptors (Lipinski definition) is 2. The molecular weight excluding hydrogens is 264 g/mol. The van der Waals surface area contributed by atoms with E-state index in [4.69, 9.17) is 0 Å². The average Bonchev–Trinajstić information content (AvgIpc) is 3.16. The Morgan fingerprint density at radius 1 is 1.33 bits per heavy atom. The maximum atomic E-state index is 12.5. The van der Waals surface area contributed by atoms with Crippen LogP contribution in [0.25, 0.3) is 0 Å². The fraction of sp³-hybridized carbons (Fsp3) is 0.375. The highest BCUT2D eigenvalue weighted by Crippen LogP contribution is 2.32. The van der Waals surface area contributed by atoms with E-state index in [1.165, 1.54) is 0 Å². The second kappa shape index (κ2) is 5.99. The summed E-state index contributed by atoms with van der Waals surface area (Å²) in [6.07, 6.45) is 3.83. The van der Waals surface area contributed by atoms with Crippen molar-refractivity contribution < 1.29 is 4.79 Å². The first-order valence-electron chi connectivity index (χ1n) is 7.44. The molecule has 0 bridgehead atoms. The molecule has 5 heteroatoms. The van der Waals surface area contributed by atoms with Gasteiger partial charge in [0, 0.05) is 25.0 Å². The van der Waals surface area contributed by atoms with Gasteiger partial charge in [0.15, 0.2) is 0 Å². The van der Waals surface area contributed by atoms with Crippen molar-refractivity contribution in [1.82, 2.24) is 14.7 Å². The molecule has 1 N–H and O–H groups in total. The molecule has 110 valence electrons. The van der Waals surface area contributed by atoms with Crippen molar-refractivity contribution in [3.05, 3.63) is 48.3 Å². The Morgan fingerprint density at radius 3 is 2.90 bits per heavy atom. The smallest absolute Gasteiger partial charge is 0.316 e. The number of likely N-dealkylation sites (tertiary alicyclic amines) is 1. The van der Waals surface area contributed by atoms with Crippen LogP contribution in [0.15, 0.2) is 42.6 Å². The number of urea groups is 1. The Morgan fingerprint density at radius 2 is 2.14 bits per heavy atom. The van der Waals surface area contributed by atoms with E-state index >= 15 is 0 Å². The third kappa shape index (κ3) is 2.77. The Kier molecular flexibility index (Phi) is 3.90. The van der Waals surface area contributed by atoms with Gasteiger partial charge >= 0.3 is 6.03 Å². The number of para-hydroxylation sites is 1. The van der Waals surface area contributed by atoms with Crippen molar-refractivity contribution in [3.63, 3.8) is 0 Å². The van der Waals surface area contributed by atoms with Gasteiger partial charge in [-0.25, -0.2) is 4.79 Å². The molecule has 21 heavy (non-hydrogen) atoms. The predicted octanol–water partition coefficient (Wildman–Crippen LogP) is 3.27. The summed E-state index contributed by atoms with van der Waals surface area (Å²) in [4.78, 5) is 14.4. The van der Waals surface area contributed by atoms with Crippen LogP contribution in [-0.4, -0.2) is 27.3 Å². The Bertz CT molecular complexity index is 608. The number of nitrogens with one attached hydrogen (secondary N) is 1. The first-order chi connectivity index (χ1) is 10.3. The number of nitrogens with zero attached hydrogens (tertiary/aromatic N) is 3. The monoisotopic (exact) mass is 284 g/mol. The maximum absolute atomic E-state index is 12.5. The average molecular weight is 284 g/mol. The molecule has 0 unspecified atom stereocenters. The van der Waals surface area contributed by atoms with Crippen molar-refractivity contribution in [1.29, 1.82) is 0 Å². The van der Waals surface area contributed by atoms with Crippen molar-refractivity contribution in [2.24, 2.45) is 0 Å². The van der Waals surface area contributed by atoms with Gasteiger partial charge in [-0.2, -0.15) is 5.10 Å². The molecule has 0 saturated carbocycles. The summed E-state index contributed by atoms with van der Waals surface area (Å²) in [5.41, 5.74) is 1.95. The van der Waals surface area contributed by atoms with Gasteiger partial charge in [0.25, 0.3) is 0 Å². The number of anilines is 1. The normalized spacial score (nSPS) is 18.0. The van der Waals surface area contributed by atoms with E-state index in [0.29, 0.717) is 0 Å². The molecular formula is C16H20N4O. The summed E-state index contributed by atoms with van der Waals surface area (Å²) in [7, 11) is 0. The molecule has 5 nitrogen and oxygen atoms in total. The zero-order chi connectivity index (χ0) is 14.7. The highest BCUT2D eigenvalue weighted by Gasteiger charge is 2.31. The van der Waals surface area contributed by atoms with E-state index in [1.54, 1.807) is 0 Å². The van der Waals surface area contributed by atoms with Crippen molar-refractivity contribution in [3.8, 4) is 0 Å². The lowest BCUT2D eigenvalue weighted by Gasteiger charge is -2.25. The number of hydrogen-bond donors (Lipinski definition) is 1. The zero-order valence-electron chi connectivity index (χ0n) is 12.2. The van der Waals surface area contributed by atoms with Crippen LogP contribution in [0.5, 0.6) is 0 Å². The largest absolute Gasteiger partial charge is 0.322 e. The summed E-state index contributed by atoms with van der Waals surface area (Å²) in [5.74, 6) is 0. The highest BCUT2D eigenvalue weighted by atomic mass is 16.2. The second-order valence-corrected chi connectivity index (χ2v) is 5.22. The van der Waals surface area contributed by atoms with Gasteiger partial charge in [-0.3, -0.25) is 4.68 Å². The number of amides is 2. The molecule has 2 heterocycles. The lowest BCUT2D eigenvalue weighted by molar-refractivity contribution is 0.204. The van der Waals surface area contributed by atoms with Crippen molar-refractivity contribution >= 4 is 11.7 Å². The number of benzene rings is 1. The summed E-state index contributed by atoms with van der Waals surface area (Å²) in [6, 6.07) is 11.7. The number of carbonyl (C=O) groups excluding carboxylic acids is 1. The van der Waals surface area contributed by atoms with Crippen LogP contribution in [0.1, 0.15) is 31.5 Å². The van der Waals surface area contributed by atoms with Crippen LogP contribution in [0, 0.1) is 0 Å². The van der Waals surface area contributed by atoms with Crippen LogP contribution >= 0.6 is 0 Å². The molecule has 2 amide bonds. The quantitative estimate of drug-likeness (QED) is 0.940. The molecule has 1 aromatic heterocycles. The maximum Gasteiger partial charge on any atom is 0.322 e. The van der Waals surface area contributed by atoms with Gasteiger partial charge in [0.05, 0.1) is 11.7 Å². The van der Waals surface area contributed by atoms with Gasteiger partial charge in [-0.1, -0.05) is 18.2 Å². The number of carbonyl (C=O) groups is 1. The Hall–Kier alpha value is -2.30. The van der Waals surface area contributed by atoms with Gasteiger partial charge in [-0.15, -0.1) is 0 Å². The molecule has 1 fully saturated rings. The Balaban J connectivity index is 1.76. The van der Waals surface area contributed by atoms with Crippen molar-refractivity contribution in [2.45, 2.75) is 32.4 Å². The number of rotatable bonds is 3. The molecule has 0 spiro atoms. The molecule has 2 aromatic rings. The predicted molar refractivity (Wildman–Crippen MR) is 82.0 cm³/mol. The van der Waals surface area contributed by atoms with E-state index in [9.17, 15) is 4.79 Å². The first-order valence-corrected chi connectivity index (χ1v) is 7.44. The minimum absolute atomic E-state index is 0.0347. The third-order valence-electron chi connectivity index (χ3n) is 3.93. The fourth-order valence-corrected chi connectivity index (χ4v) is 2.92. The van der Waals surface area contributed by atoms with Gasteiger partial charge in [0.1, 0.15) is 0 Å². The molecule has 1 aromatic carbocycles. The molecule has 1 aliphatic heterocycles. The topological polar surface area (TPSA) is 50.2 Å².